The Labute approximate surface area is 73.9 Å². The van der Waals surface area contributed by atoms with Gasteiger partial charge in [-0.25, -0.2) is 0 Å². The lowest BCUT2D eigenvalue weighted by molar-refractivity contribution is 1.11. The van der Waals surface area contributed by atoms with Gasteiger partial charge in [0.05, 0.1) is 0 Å². The van der Waals surface area contributed by atoms with Crippen LogP contribution in [0.2, 0.25) is 0 Å². The van der Waals surface area contributed by atoms with Crippen LogP contribution in [-0.2, 0) is 12.8 Å². The van der Waals surface area contributed by atoms with E-state index in [-0.39, 0.29) is 0 Å². The predicted molar refractivity (Wildman–Crippen MR) is 53.3 cm³/mol. The molecular formula is C12H14. The second kappa shape index (κ2) is 2.78. The first kappa shape index (κ1) is 7.60. The molecule has 0 aromatic heterocycles. The van der Waals surface area contributed by atoms with Crippen LogP contribution in [0.3, 0.4) is 0 Å². The van der Waals surface area contributed by atoms with Crippen molar-refractivity contribution in [1.82, 2.24) is 0 Å². The lowest BCUT2D eigenvalue weighted by Gasteiger charge is -2.06. The van der Waals surface area contributed by atoms with E-state index >= 15 is 0 Å². The van der Waals surface area contributed by atoms with Crippen LogP contribution < -0.4 is 0 Å². The molecule has 0 amide bonds. The average Bonchev–Trinajstić information content (AvgIpc) is 2.52. The lowest BCUT2D eigenvalue weighted by atomic mass is 9.99. The number of allylic oxidation sites excluding steroid dienone is 1. The first-order chi connectivity index (χ1) is 5.81. The van der Waals surface area contributed by atoms with Gasteiger partial charge in [-0.2, -0.15) is 0 Å². The topological polar surface area (TPSA) is 0 Å². The van der Waals surface area contributed by atoms with E-state index in [1.165, 1.54) is 22.3 Å². The van der Waals surface area contributed by atoms with Crippen LogP contribution in [0, 0.1) is 6.92 Å². The minimum atomic E-state index is 1.13. The fourth-order valence-electron chi connectivity index (χ4n) is 1.87. The van der Waals surface area contributed by atoms with Crippen molar-refractivity contribution in [2.45, 2.75) is 26.7 Å². The summed E-state index contributed by atoms with van der Waals surface area (Å²) in [4.78, 5) is 0. The highest BCUT2D eigenvalue weighted by Gasteiger charge is 2.07. The van der Waals surface area contributed by atoms with Crippen molar-refractivity contribution < 1.29 is 0 Å². The van der Waals surface area contributed by atoms with Crippen molar-refractivity contribution in [3.8, 4) is 0 Å². The largest absolute Gasteiger partial charge is 0.0795 e. The molecule has 0 saturated carbocycles. The van der Waals surface area contributed by atoms with E-state index in [0.29, 0.717) is 0 Å². The summed E-state index contributed by atoms with van der Waals surface area (Å²) in [5.41, 5.74) is 5.85. The Balaban J connectivity index is 2.56. The smallest absolute Gasteiger partial charge is 0.00880 e. The Hall–Kier alpha value is -1.04. The highest BCUT2D eigenvalue weighted by molar-refractivity contribution is 5.63. The standard InChI is InChI=1S/C12H14/c1-3-10-7-9(2)12-6-4-5-11(12)8-10/h4,6-8H,3,5H2,1-2H3. The van der Waals surface area contributed by atoms with E-state index in [0.717, 1.165) is 12.8 Å². The number of rotatable bonds is 1. The van der Waals surface area contributed by atoms with Crippen molar-refractivity contribution in [3.63, 3.8) is 0 Å². The zero-order valence-electron chi connectivity index (χ0n) is 7.72. The molecule has 2 rings (SSSR count). The maximum Gasteiger partial charge on any atom is -0.00880 e. The average molecular weight is 158 g/mol. The molecule has 0 heterocycles. The van der Waals surface area contributed by atoms with E-state index in [1.54, 1.807) is 0 Å². The van der Waals surface area contributed by atoms with Crippen molar-refractivity contribution in [3.05, 3.63) is 40.5 Å². The van der Waals surface area contributed by atoms with Gasteiger partial charge in [0, 0.05) is 0 Å². The fraction of sp³-hybridized carbons (Fsp3) is 0.333. The first-order valence-corrected chi connectivity index (χ1v) is 4.60. The molecule has 0 fully saturated rings. The first-order valence-electron chi connectivity index (χ1n) is 4.60. The summed E-state index contributed by atoms with van der Waals surface area (Å²) in [6.07, 6.45) is 6.76. The summed E-state index contributed by atoms with van der Waals surface area (Å²) in [5.74, 6) is 0. The van der Waals surface area contributed by atoms with Crippen LogP contribution in [0.5, 0.6) is 0 Å². The molecule has 0 aliphatic heterocycles. The maximum atomic E-state index is 2.34. The summed E-state index contributed by atoms with van der Waals surface area (Å²) in [7, 11) is 0. The third kappa shape index (κ3) is 1.08. The third-order valence-corrected chi connectivity index (χ3v) is 2.56. The number of hydrogen-bond acceptors (Lipinski definition) is 0. The van der Waals surface area contributed by atoms with Gasteiger partial charge in [-0.15, -0.1) is 0 Å². The number of hydrogen-bond donors (Lipinski definition) is 0. The molecular weight excluding hydrogens is 144 g/mol. The molecule has 1 aromatic rings. The molecule has 0 saturated heterocycles. The molecule has 12 heavy (non-hydrogen) atoms. The second-order valence-corrected chi connectivity index (χ2v) is 3.45. The van der Waals surface area contributed by atoms with E-state index in [9.17, 15) is 0 Å². The van der Waals surface area contributed by atoms with Gasteiger partial charge in [0.15, 0.2) is 0 Å². The Bertz CT molecular complexity index is 332. The molecule has 1 aromatic carbocycles. The van der Waals surface area contributed by atoms with Gasteiger partial charge in [-0.05, 0) is 42.0 Å². The minimum absolute atomic E-state index is 1.13. The molecule has 0 heteroatoms. The van der Waals surface area contributed by atoms with E-state index in [2.05, 4.69) is 38.1 Å². The summed E-state index contributed by atoms with van der Waals surface area (Å²) >= 11 is 0. The fourth-order valence-corrected chi connectivity index (χ4v) is 1.87. The van der Waals surface area contributed by atoms with Crippen LogP contribution >= 0.6 is 0 Å². The summed E-state index contributed by atoms with van der Waals surface area (Å²) in [6, 6.07) is 4.64. The highest BCUT2D eigenvalue weighted by Crippen LogP contribution is 2.24. The highest BCUT2D eigenvalue weighted by atomic mass is 14.1. The molecule has 0 N–H and O–H groups in total. The Morgan fingerprint density at radius 2 is 2.17 bits per heavy atom. The Kier molecular flexibility index (Phi) is 1.76. The van der Waals surface area contributed by atoms with Gasteiger partial charge in [0.25, 0.3) is 0 Å². The molecule has 62 valence electrons. The molecule has 0 unspecified atom stereocenters. The zero-order chi connectivity index (χ0) is 8.55. The zero-order valence-corrected chi connectivity index (χ0v) is 7.72. The number of aryl methyl sites for hydroxylation is 2. The Morgan fingerprint density at radius 3 is 2.92 bits per heavy atom. The number of benzene rings is 1. The van der Waals surface area contributed by atoms with E-state index in [4.69, 9.17) is 0 Å². The summed E-state index contributed by atoms with van der Waals surface area (Å²) in [5, 5.41) is 0. The maximum absolute atomic E-state index is 2.34. The van der Waals surface area contributed by atoms with Gasteiger partial charge in [-0.1, -0.05) is 31.2 Å². The van der Waals surface area contributed by atoms with Crippen LogP contribution in [0.4, 0.5) is 0 Å². The van der Waals surface area contributed by atoms with Gasteiger partial charge in [0.2, 0.25) is 0 Å². The van der Waals surface area contributed by atoms with Crippen LogP contribution in [0.15, 0.2) is 18.2 Å². The van der Waals surface area contributed by atoms with E-state index < -0.39 is 0 Å². The van der Waals surface area contributed by atoms with Crippen LogP contribution in [-0.4, -0.2) is 0 Å². The molecule has 0 bridgehead atoms. The normalized spacial score (nSPS) is 13.5. The molecule has 1 aliphatic carbocycles. The van der Waals surface area contributed by atoms with Gasteiger partial charge < -0.3 is 0 Å². The predicted octanol–water partition coefficient (Wildman–Crippen LogP) is 3.13. The molecule has 0 radical (unpaired) electrons. The van der Waals surface area contributed by atoms with Crippen molar-refractivity contribution >= 4 is 6.08 Å². The van der Waals surface area contributed by atoms with Gasteiger partial charge >= 0.3 is 0 Å². The molecule has 1 aliphatic rings. The van der Waals surface area contributed by atoms with Crippen molar-refractivity contribution in [1.29, 1.82) is 0 Å². The molecule has 0 spiro atoms. The van der Waals surface area contributed by atoms with Crippen molar-refractivity contribution in [2.24, 2.45) is 0 Å². The molecule has 0 atom stereocenters. The third-order valence-electron chi connectivity index (χ3n) is 2.56. The van der Waals surface area contributed by atoms with Crippen LogP contribution in [0.25, 0.3) is 6.08 Å². The Morgan fingerprint density at radius 1 is 1.33 bits per heavy atom. The second-order valence-electron chi connectivity index (χ2n) is 3.45. The van der Waals surface area contributed by atoms with E-state index in [1.807, 2.05) is 0 Å². The van der Waals surface area contributed by atoms with Gasteiger partial charge in [0.1, 0.15) is 0 Å². The number of fused-ring (bicyclic) bond motifs is 1. The molecule has 0 nitrogen and oxygen atoms in total. The monoisotopic (exact) mass is 158 g/mol. The minimum Gasteiger partial charge on any atom is -0.0795 e. The SMILES string of the molecule is CCc1cc(C)c2c(c1)CC=C2. The lowest BCUT2D eigenvalue weighted by Crippen LogP contribution is -1.90. The summed E-state index contributed by atoms with van der Waals surface area (Å²) < 4.78 is 0. The summed E-state index contributed by atoms with van der Waals surface area (Å²) in [6.45, 7) is 4.41. The van der Waals surface area contributed by atoms with Crippen LogP contribution in [0.1, 0.15) is 29.2 Å². The van der Waals surface area contributed by atoms with Crippen molar-refractivity contribution in [2.75, 3.05) is 0 Å². The van der Waals surface area contributed by atoms with Gasteiger partial charge in [-0.3, -0.25) is 0 Å². The quantitative estimate of drug-likeness (QED) is 0.589.